The Kier molecular flexibility index (Phi) is 5.43. The molecule has 0 aromatic heterocycles. The van der Waals surface area contributed by atoms with Gasteiger partial charge in [-0.15, -0.1) is 0 Å². The summed E-state index contributed by atoms with van der Waals surface area (Å²) in [5.41, 5.74) is 0. The molecule has 0 saturated heterocycles. The maximum Gasteiger partial charge on any atom is 0.344 e. The quantitative estimate of drug-likeness (QED) is 0.453. The van der Waals surface area contributed by atoms with Crippen molar-refractivity contribution in [2.75, 3.05) is 26.8 Å². The number of hydrogen-bond donors (Lipinski definition) is 3. The van der Waals surface area contributed by atoms with Crippen LogP contribution in [-0.4, -0.2) is 46.8 Å². The predicted molar refractivity (Wildman–Crippen MR) is 47.0 cm³/mol. The maximum absolute atomic E-state index is 10.9. The van der Waals surface area contributed by atoms with E-state index in [0.717, 1.165) is 14.2 Å². The zero-order chi connectivity index (χ0) is 11.4. The number of nitrogens with zero attached hydrogens (tertiary/aromatic N) is 1. The van der Waals surface area contributed by atoms with Crippen molar-refractivity contribution in [2.45, 2.75) is 0 Å². The van der Waals surface area contributed by atoms with E-state index in [1.165, 1.54) is 0 Å². The van der Waals surface area contributed by atoms with Gasteiger partial charge in [0.2, 0.25) is 0 Å². The SMILES string of the molecule is COP(=O)(O)CN(O)CP(=O)(O)OC. The predicted octanol–water partition coefficient (Wildman–Crippen LogP) is 0.256. The molecule has 0 spiro atoms. The van der Waals surface area contributed by atoms with Gasteiger partial charge in [-0.25, -0.2) is 0 Å². The Balaban J connectivity index is 4.18. The fourth-order valence-electron chi connectivity index (χ4n) is 0.573. The molecular formula is C4H13NO7P2. The maximum atomic E-state index is 10.9. The summed E-state index contributed by atoms with van der Waals surface area (Å²) in [5.74, 6) is 0. The van der Waals surface area contributed by atoms with Crippen LogP contribution in [0.25, 0.3) is 0 Å². The summed E-state index contributed by atoms with van der Waals surface area (Å²) in [4.78, 5) is 17.8. The van der Waals surface area contributed by atoms with Crippen LogP contribution in [-0.2, 0) is 18.2 Å². The van der Waals surface area contributed by atoms with Gasteiger partial charge in [-0.2, -0.15) is 5.06 Å². The Labute approximate surface area is 81.1 Å². The van der Waals surface area contributed by atoms with Crippen LogP contribution in [0.1, 0.15) is 0 Å². The minimum atomic E-state index is -3.94. The Morgan fingerprint density at radius 2 is 1.36 bits per heavy atom. The summed E-state index contributed by atoms with van der Waals surface area (Å²) in [6.45, 7) is 0. The average Bonchev–Trinajstić information content (AvgIpc) is 2.02. The van der Waals surface area contributed by atoms with Crippen molar-refractivity contribution >= 4 is 15.2 Å². The smallest absolute Gasteiger partial charge is 0.323 e. The monoisotopic (exact) mass is 249 g/mol. The molecule has 0 saturated carbocycles. The molecule has 0 aliphatic carbocycles. The van der Waals surface area contributed by atoms with Gasteiger partial charge in [-0.3, -0.25) is 9.13 Å². The highest BCUT2D eigenvalue weighted by Crippen LogP contribution is 2.45. The first-order valence-corrected chi connectivity index (χ1v) is 6.94. The highest BCUT2D eigenvalue weighted by molar-refractivity contribution is 7.53. The van der Waals surface area contributed by atoms with Gasteiger partial charge in [-0.05, 0) is 0 Å². The van der Waals surface area contributed by atoms with E-state index in [1.54, 1.807) is 0 Å². The third-order valence-electron chi connectivity index (χ3n) is 1.25. The van der Waals surface area contributed by atoms with Gasteiger partial charge in [0.15, 0.2) is 0 Å². The van der Waals surface area contributed by atoms with Crippen molar-refractivity contribution in [3.05, 3.63) is 0 Å². The molecule has 0 rings (SSSR count). The Morgan fingerprint density at radius 1 is 1.07 bits per heavy atom. The fraction of sp³-hybridized carbons (Fsp3) is 1.00. The Bertz CT molecular complexity index is 242. The van der Waals surface area contributed by atoms with Gasteiger partial charge in [-0.1, -0.05) is 0 Å². The Morgan fingerprint density at radius 3 is 1.57 bits per heavy atom. The molecule has 0 aliphatic heterocycles. The van der Waals surface area contributed by atoms with Crippen LogP contribution >= 0.6 is 15.2 Å². The van der Waals surface area contributed by atoms with Gasteiger partial charge in [0, 0.05) is 14.2 Å². The largest absolute Gasteiger partial charge is 0.344 e. The summed E-state index contributed by atoms with van der Waals surface area (Å²) < 4.78 is 30.1. The van der Waals surface area contributed by atoms with Gasteiger partial charge < -0.3 is 24.0 Å². The van der Waals surface area contributed by atoms with Gasteiger partial charge in [0.25, 0.3) is 0 Å². The van der Waals surface area contributed by atoms with E-state index >= 15 is 0 Å². The molecule has 0 aromatic carbocycles. The van der Waals surface area contributed by atoms with Crippen LogP contribution in [0, 0.1) is 0 Å². The lowest BCUT2D eigenvalue weighted by atomic mass is 11.2. The second-order valence-electron chi connectivity index (χ2n) is 2.43. The zero-order valence-electron chi connectivity index (χ0n) is 7.73. The molecule has 0 radical (unpaired) electrons. The van der Waals surface area contributed by atoms with E-state index in [-0.39, 0.29) is 5.06 Å². The summed E-state index contributed by atoms with van der Waals surface area (Å²) >= 11 is 0. The number of hydrogen-bond acceptors (Lipinski definition) is 6. The van der Waals surface area contributed by atoms with Crippen LogP contribution in [0.4, 0.5) is 0 Å². The highest BCUT2D eigenvalue weighted by atomic mass is 31.2. The van der Waals surface area contributed by atoms with Crippen molar-refractivity contribution < 1.29 is 33.2 Å². The van der Waals surface area contributed by atoms with E-state index in [9.17, 15) is 9.13 Å². The van der Waals surface area contributed by atoms with Crippen molar-refractivity contribution in [3.63, 3.8) is 0 Å². The molecule has 0 heterocycles. The third kappa shape index (κ3) is 5.85. The molecule has 3 N–H and O–H groups in total. The normalized spacial score (nSPS) is 20.4. The standard InChI is InChI=1S/C4H13NO7P2/c1-11-13(7,8)3-5(6)4-14(9,10)12-2/h6H,3-4H2,1-2H3,(H,7,8)(H,9,10). The number of rotatable bonds is 6. The van der Waals surface area contributed by atoms with E-state index < -0.39 is 27.8 Å². The molecule has 0 bridgehead atoms. The van der Waals surface area contributed by atoms with Crippen LogP contribution in [0.15, 0.2) is 0 Å². The lowest BCUT2D eigenvalue weighted by Gasteiger charge is -2.19. The second-order valence-corrected chi connectivity index (χ2v) is 6.28. The van der Waals surface area contributed by atoms with Gasteiger partial charge in [0.1, 0.15) is 12.6 Å². The first-order valence-electron chi connectivity index (χ1n) is 3.41. The van der Waals surface area contributed by atoms with E-state index in [2.05, 4.69) is 9.05 Å². The molecule has 86 valence electrons. The van der Waals surface area contributed by atoms with E-state index in [0.29, 0.717) is 0 Å². The minimum absolute atomic E-state index is 0.203. The molecule has 0 aromatic rings. The van der Waals surface area contributed by atoms with Crippen LogP contribution < -0.4 is 0 Å². The molecule has 2 atom stereocenters. The lowest BCUT2D eigenvalue weighted by molar-refractivity contribution is -0.0643. The highest BCUT2D eigenvalue weighted by Gasteiger charge is 2.27. The van der Waals surface area contributed by atoms with Crippen LogP contribution in [0.5, 0.6) is 0 Å². The third-order valence-corrected chi connectivity index (χ3v) is 3.76. The average molecular weight is 249 g/mol. The van der Waals surface area contributed by atoms with Crippen molar-refractivity contribution in [3.8, 4) is 0 Å². The lowest BCUT2D eigenvalue weighted by Crippen LogP contribution is -2.22. The van der Waals surface area contributed by atoms with Crippen LogP contribution in [0.3, 0.4) is 0 Å². The Hall–Kier alpha value is 0.220. The molecule has 10 heteroatoms. The minimum Gasteiger partial charge on any atom is -0.323 e. The fourth-order valence-corrected chi connectivity index (χ4v) is 1.99. The van der Waals surface area contributed by atoms with Crippen molar-refractivity contribution in [2.24, 2.45) is 0 Å². The molecule has 0 amide bonds. The summed E-state index contributed by atoms with van der Waals surface area (Å²) in [6.07, 6.45) is -1.53. The second kappa shape index (κ2) is 5.34. The first-order chi connectivity index (χ1) is 6.22. The number of hydroxylamine groups is 2. The van der Waals surface area contributed by atoms with Crippen molar-refractivity contribution in [1.82, 2.24) is 5.06 Å². The molecule has 0 aliphatic rings. The van der Waals surface area contributed by atoms with E-state index in [1.807, 2.05) is 0 Å². The summed E-state index contributed by atoms with van der Waals surface area (Å²) in [7, 11) is -5.90. The molecule has 8 nitrogen and oxygen atoms in total. The van der Waals surface area contributed by atoms with Crippen LogP contribution in [0.2, 0.25) is 0 Å². The van der Waals surface area contributed by atoms with Crippen molar-refractivity contribution in [1.29, 1.82) is 0 Å². The van der Waals surface area contributed by atoms with E-state index in [4.69, 9.17) is 15.0 Å². The molecule has 0 fully saturated rings. The zero-order valence-corrected chi connectivity index (χ0v) is 9.52. The molecule has 2 unspecified atom stereocenters. The molecular weight excluding hydrogens is 236 g/mol. The van der Waals surface area contributed by atoms with Gasteiger partial charge in [0.05, 0.1) is 0 Å². The summed E-state index contributed by atoms with van der Waals surface area (Å²) in [5, 5.41) is 9.19. The van der Waals surface area contributed by atoms with Gasteiger partial charge >= 0.3 is 15.2 Å². The first kappa shape index (κ1) is 14.2. The summed E-state index contributed by atoms with van der Waals surface area (Å²) in [6, 6.07) is 0. The molecule has 14 heavy (non-hydrogen) atoms. The topological polar surface area (TPSA) is 117 Å².